The van der Waals surface area contributed by atoms with Crippen LogP contribution in [0.5, 0.6) is 0 Å². The van der Waals surface area contributed by atoms with E-state index in [1.54, 1.807) is 19.1 Å². The van der Waals surface area contributed by atoms with Crippen molar-refractivity contribution in [1.29, 1.82) is 0 Å². The van der Waals surface area contributed by atoms with E-state index in [0.717, 1.165) is 0 Å². The zero-order valence-corrected chi connectivity index (χ0v) is 13.9. The van der Waals surface area contributed by atoms with Gasteiger partial charge in [0.05, 0.1) is 18.1 Å². The second-order valence-corrected chi connectivity index (χ2v) is 7.07. The zero-order chi connectivity index (χ0) is 16.0. The lowest BCUT2D eigenvalue weighted by Gasteiger charge is -2.22. The maximum absolute atomic E-state index is 12.6. The predicted molar refractivity (Wildman–Crippen MR) is 82.5 cm³/mol. The molecule has 0 aliphatic heterocycles. The molecule has 0 radical (unpaired) electrons. The highest BCUT2D eigenvalue weighted by atomic mass is 32.2. The van der Waals surface area contributed by atoms with Crippen LogP contribution in [0.2, 0.25) is 0 Å². The lowest BCUT2D eigenvalue weighted by molar-refractivity contribution is 0.116. The highest BCUT2D eigenvalue weighted by Crippen LogP contribution is 2.18. The van der Waals surface area contributed by atoms with Gasteiger partial charge in [-0.3, -0.25) is 0 Å². The number of ether oxygens (including phenoxy) is 1. The van der Waals surface area contributed by atoms with Crippen molar-refractivity contribution in [2.75, 3.05) is 13.2 Å². The monoisotopic (exact) mass is 315 g/mol. The first kappa shape index (κ1) is 18.1. The third kappa shape index (κ3) is 5.07. The van der Waals surface area contributed by atoms with Gasteiger partial charge in [0, 0.05) is 12.6 Å². The van der Waals surface area contributed by atoms with Crippen molar-refractivity contribution < 1.29 is 18.3 Å². The van der Waals surface area contributed by atoms with Gasteiger partial charge in [-0.25, -0.2) is 13.1 Å². The summed E-state index contributed by atoms with van der Waals surface area (Å²) in [4.78, 5) is 0.205. The van der Waals surface area contributed by atoms with Crippen molar-refractivity contribution in [2.24, 2.45) is 5.92 Å². The average Bonchev–Trinajstić information content (AvgIpc) is 2.43. The van der Waals surface area contributed by atoms with Crippen LogP contribution in [-0.2, 0) is 21.4 Å². The summed E-state index contributed by atoms with van der Waals surface area (Å²) >= 11 is 0. The Hall–Kier alpha value is -0.950. The molecule has 0 spiro atoms. The first-order chi connectivity index (χ1) is 9.81. The van der Waals surface area contributed by atoms with E-state index in [-0.39, 0.29) is 23.5 Å². The number of aryl methyl sites for hydroxylation is 1. The van der Waals surface area contributed by atoms with Gasteiger partial charge in [0.1, 0.15) is 0 Å². The van der Waals surface area contributed by atoms with Crippen LogP contribution in [0.25, 0.3) is 0 Å². The van der Waals surface area contributed by atoms with E-state index in [0.29, 0.717) is 24.3 Å². The number of aliphatic hydroxyl groups is 1. The molecule has 0 fully saturated rings. The van der Waals surface area contributed by atoms with Gasteiger partial charge in [-0.05, 0) is 37.0 Å². The van der Waals surface area contributed by atoms with Crippen LogP contribution in [0.3, 0.4) is 0 Å². The van der Waals surface area contributed by atoms with Crippen LogP contribution in [0, 0.1) is 12.8 Å². The lowest BCUT2D eigenvalue weighted by Crippen LogP contribution is -2.42. The largest absolute Gasteiger partial charge is 0.392 e. The second-order valence-electron chi connectivity index (χ2n) is 5.39. The third-order valence-electron chi connectivity index (χ3n) is 3.34. The summed E-state index contributed by atoms with van der Waals surface area (Å²) in [5.74, 6) is 0.118. The van der Waals surface area contributed by atoms with Gasteiger partial charge in [0.15, 0.2) is 0 Å². The highest BCUT2D eigenvalue weighted by molar-refractivity contribution is 7.89. The normalized spacial score (nSPS) is 13.6. The first-order valence-electron chi connectivity index (χ1n) is 7.12. The maximum Gasteiger partial charge on any atom is 0.241 e. The topological polar surface area (TPSA) is 75.6 Å². The molecule has 5 nitrogen and oxygen atoms in total. The molecular formula is C15H25NO4S. The van der Waals surface area contributed by atoms with Crippen molar-refractivity contribution in [2.45, 2.75) is 45.2 Å². The fraction of sp³-hybridized carbons (Fsp3) is 0.600. The molecule has 2 N–H and O–H groups in total. The van der Waals surface area contributed by atoms with Gasteiger partial charge < -0.3 is 9.84 Å². The fourth-order valence-corrected chi connectivity index (χ4v) is 3.57. The van der Waals surface area contributed by atoms with Crippen LogP contribution in [0.15, 0.2) is 23.1 Å². The quantitative estimate of drug-likeness (QED) is 0.767. The molecule has 6 heteroatoms. The smallest absolute Gasteiger partial charge is 0.241 e. The van der Waals surface area contributed by atoms with Gasteiger partial charge in [0.2, 0.25) is 10.0 Å². The Morgan fingerprint density at radius 2 is 2.00 bits per heavy atom. The van der Waals surface area contributed by atoms with E-state index >= 15 is 0 Å². The molecule has 0 aromatic heterocycles. The number of sulfonamides is 1. The summed E-state index contributed by atoms with van der Waals surface area (Å²) in [5, 5.41) is 9.17. The molecule has 1 atom stereocenters. The molecule has 0 saturated heterocycles. The Balaban J connectivity index is 3.04. The lowest BCUT2D eigenvalue weighted by atomic mass is 10.1. The van der Waals surface area contributed by atoms with Gasteiger partial charge in [0.25, 0.3) is 0 Å². The van der Waals surface area contributed by atoms with Crippen molar-refractivity contribution in [3.8, 4) is 0 Å². The van der Waals surface area contributed by atoms with Gasteiger partial charge in [-0.1, -0.05) is 26.0 Å². The minimum absolute atomic E-state index is 0.118. The molecule has 0 heterocycles. The van der Waals surface area contributed by atoms with Gasteiger partial charge in [-0.15, -0.1) is 0 Å². The molecule has 1 aromatic carbocycles. The van der Waals surface area contributed by atoms with Crippen molar-refractivity contribution >= 4 is 10.0 Å². The van der Waals surface area contributed by atoms with Gasteiger partial charge >= 0.3 is 0 Å². The Kier molecular flexibility index (Phi) is 6.80. The number of rotatable bonds is 8. The maximum atomic E-state index is 12.6. The molecule has 0 saturated carbocycles. The zero-order valence-electron chi connectivity index (χ0n) is 13.1. The summed E-state index contributed by atoms with van der Waals surface area (Å²) in [6, 6.07) is 4.64. The standard InChI is InChI=1S/C15H25NO4S/c1-5-20-10-14(11(2)3)16-21(18,19)15-8-13(9-17)7-6-12(15)4/h6-8,11,14,16-17H,5,9-10H2,1-4H3. The number of aliphatic hydroxyl groups excluding tert-OH is 1. The molecule has 1 aromatic rings. The van der Waals surface area contributed by atoms with Crippen LogP contribution in [0.1, 0.15) is 31.9 Å². The Labute approximate surface area is 127 Å². The second kappa shape index (κ2) is 7.89. The average molecular weight is 315 g/mol. The molecular weight excluding hydrogens is 290 g/mol. The van der Waals surface area contributed by atoms with E-state index in [4.69, 9.17) is 9.84 Å². The molecule has 1 rings (SSSR count). The molecule has 0 aliphatic carbocycles. The van der Waals surface area contributed by atoms with Crippen LogP contribution in [0.4, 0.5) is 0 Å². The van der Waals surface area contributed by atoms with E-state index in [2.05, 4.69) is 4.72 Å². The Morgan fingerprint density at radius 1 is 1.33 bits per heavy atom. The summed E-state index contributed by atoms with van der Waals surface area (Å²) in [6.45, 7) is 8.21. The first-order valence-corrected chi connectivity index (χ1v) is 8.60. The fourth-order valence-electron chi connectivity index (χ4n) is 1.90. The molecule has 0 bridgehead atoms. The summed E-state index contributed by atoms with van der Waals surface area (Å²) in [6.07, 6.45) is 0. The van der Waals surface area contributed by atoms with Crippen LogP contribution in [-0.4, -0.2) is 32.8 Å². The van der Waals surface area contributed by atoms with Crippen molar-refractivity contribution in [3.05, 3.63) is 29.3 Å². The van der Waals surface area contributed by atoms with E-state index < -0.39 is 10.0 Å². The van der Waals surface area contributed by atoms with Crippen LogP contribution < -0.4 is 4.72 Å². The summed E-state index contributed by atoms with van der Waals surface area (Å²) in [7, 11) is -3.64. The highest BCUT2D eigenvalue weighted by Gasteiger charge is 2.24. The Bertz CT molecular complexity index is 555. The molecule has 0 aliphatic rings. The number of benzene rings is 1. The molecule has 1 unspecified atom stereocenters. The number of hydrogen-bond donors (Lipinski definition) is 2. The molecule has 0 amide bonds. The van der Waals surface area contributed by atoms with Crippen molar-refractivity contribution in [3.63, 3.8) is 0 Å². The number of nitrogens with one attached hydrogen (secondary N) is 1. The minimum Gasteiger partial charge on any atom is -0.392 e. The minimum atomic E-state index is -3.64. The van der Waals surface area contributed by atoms with Crippen LogP contribution >= 0.6 is 0 Å². The molecule has 120 valence electrons. The van der Waals surface area contributed by atoms with E-state index in [1.165, 1.54) is 6.07 Å². The SMILES string of the molecule is CCOCC(NS(=O)(=O)c1cc(CO)ccc1C)C(C)C. The van der Waals surface area contributed by atoms with E-state index in [1.807, 2.05) is 20.8 Å². The van der Waals surface area contributed by atoms with Gasteiger partial charge in [-0.2, -0.15) is 0 Å². The molecule has 21 heavy (non-hydrogen) atoms. The summed E-state index contributed by atoms with van der Waals surface area (Å²) in [5.41, 5.74) is 1.23. The third-order valence-corrected chi connectivity index (χ3v) is 4.97. The Morgan fingerprint density at radius 3 is 2.52 bits per heavy atom. The van der Waals surface area contributed by atoms with E-state index in [9.17, 15) is 8.42 Å². The summed E-state index contributed by atoms with van der Waals surface area (Å²) < 4.78 is 33.2. The van der Waals surface area contributed by atoms with Crippen molar-refractivity contribution in [1.82, 2.24) is 4.72 Å². The predicted octanol–water partition coefficient (Wildman–Crippen LogP) is 1.83. The number of hydrogen-bond acceptors (Lipinski definition) is 4.